The maximum atomic E-state index is 11.1. The second-order valence-corrected chi connectivity index (χ2v) is 5.59. The molecule has 3 nitrogen and oxygen atoms in total. The van der Waals surface area contributed by atoms with Gasteiger partial charge in [0.25, 0.3) is 0 Å². The van der Waals surface area contributed by atoms with Gasteiger partial charge in [0.05, 0.1) is 11.8 Å². The van der Waals surface area contributed by atoms with Crippen LogP contribution in [0.25, 0.3) is 0 Å². The van der Waals surface area contributed by atoms with Gasteiger partial charge in [0.1, 0.15) is 0 Å². The quantitative estimate of drug-likeness (QED) is 0.839. The Morgan fingerprint density at radius 1 is 1.32 bits per heavy atom. The fourth-order valence-corrected chi connectivity index (χ4v) is 3.14. The zero-order valence-electron chi connectivity index (χ0n) is 11.3. The lowest BCUT2D eigenvalue weighted by Crippen LogP contribution is -2.28. The molecule has 1 aliphatic carbocycles. The van der Waals surface area contributed by atoms with E-state index in [-0.39, 0.29) is 0 Å². The van der Waals surface area contributed by atoms with Gasteiger partial charge in [-0.3, -0.25) is 4.68 Å². The summed E-state index contributed by atoms with van der Waals surface area (Å²) in [6.07, 6.45) is 8.64. The van der Waals surface area contributed by atoms with Gasteiger partial charge >= 0.3 is 0 Å². The number of rotatable bonds is 2. The number of aromatic nitrogens is 2. The molecule has 1 aromatic heterocycles. The molecule has 1 aromatic carbocycles. The molecule has 0 radical (unpaired) electrons. The lowest BCUT2D eigenvalue weighted by molar-refractivity contribution is 0.0272. The average Bonchev–Trinajstić information content (AvgIpc) is 2.72. The van der Waals surface area contributed by atoms with E-state index in [1.165, 1.54) is 5.56 Å². The molecule has 2 aromatic rings. The van der Waals surface area contributed by atoms with Crippen molar-refractivity contribution in [2.45, 2.75) is 37.7 Å². The first-order chi connectivity index (χ1) is 9.17. The van der Waals surface area contributed by atoms with Crippen LogP contribution < -0.4 is 0 Å². The van der Waals surface area contributed by atoms with E-state index in [0.717, 1.165) is 36.8 Å². The fourth-order valence-electron chi connectivity index (χ4n) is 3.14. The van der Waals surface area contributed by atoms with Crippen molar-refractivity contribution in [3.8, 4) is 0 Å². The Labute approximate surface area is 113 Å². The Kier molecular flexibility index (Phi) is 3.15. The number of aryl methyl sites for hydroxylation is 2. The summed E-state index contributed by atoms with van der Waals surface area (Å²) in [5, 5.41) is 15.3. The summed E-state index contributed by atoms with van der Waals surface area (Å²) in [6, 6.07) is 8.32. The monoisotopic (exact) mass is 256 g/mol. The average molecular weight is 256 g/mol. The van der Waals surface area contributed by atoms with Gasteiger partial charge in [-0.25, -0.2) is 0 Å². The van der Waals surface area contributed by atoms with Gasteiger partial charge in [-0.1, -0.05) is 24.3 Å². The Hall–Kier alpha value is -1.61. The molecule has 1 unspecified atom stereocenters. The lowest BCUT2D eigenvalue weighted by atomic mass is 9.83. The predicted octanol–water partition coefficient (Wildman–Crippen LogP) is 2.58. The Morgan fingerprint density at radius 2 is 2.16 bits per heavy atom. The first-order valence-electron chi connectivity index (χ1n) is 6.96. The number of fused-ring (bicyclic) bond motifs is 1. The first kappa shape index (κ1) is 12.4. The number of aliphatic hydroxyl groups is 1. The molecule has 1 N–H and O–H groups in total. The van der Waals surface area contributed by atoms with E-state index in [1.54, 1.807) is 4.68 Å². The third-order valence-corrected chi connectivity index (χ3v) is 4.06. The second-order valence-electron chi connectivity index (χ2n) is 5.59. The first-order valence-corrected chi connectivity index (χ1v) is 6.96. The minimum absolute atomic E-state index is 0.651. The van der Waals surface area contributed by atoms with E-state index in [9.17, 15) is 5.11 Å². The maximum Gasteiger partial charge on any atom is 0.0940 e. The van der Waals surface area contributed by atoms with Gasteiger partial charge in [-0.2, -0.15) is 5.10 Å². The van der Waals surface area contributed by atoms with Gasteiger partial charge in [-0.05, 0) is 42.4 Å². The van der Waals surface area contributed by atoms with Crippen LogP contribution in [-0.4, -0.2) is 14.9 Å². The van der Waals surface area contributed by atoms with Crippen LogP contribution in [0.2, 0.25) is 0 Å². The van der Waals surface area contributed by atoms with Crippen molar-refractivity contribution in [3.63, 3.8) is 0 Å². The molecule has 100 valence electrons. The highest BCUT2D eigenvalue weighted by atomic mass is 16.3. The van der Waals surface area contributed by atoms with Crippen molar-refractivity contribution in [1.82, 2.24) is 9.78 Å². The predicted molar refractivity (Wildman–Crippen MR) is 74.8 cm³/mol. The molecule has 0 saturated carbocycles. The highest BCUT2D eigenvalue weighted by Crippen LogP contribution is 2.36. The molecule has 3 rings (SSSR count). The zero-order valence-corrected chi connectivity index (χ0v) is 11.3. The molecule has 19 heavy (non-hydrogen) atoms. The summed E-state index contributed by atoms with van der Waals surface area (Å²) < 4.78 is 1.79. The molecule has 0 fully saturated rings. The largest absolute Gasteiger partial charge is 0.385 e. The zero-order chi connectivity index (χ0) is 13.3. The van der Waals surface area contributed by atoms with E-state index < -0.39 is 5.60 Å². The molecule has 0 bridgehead atoms. The van der Waals surface area contributed by atoms with E-state index in [4.69, 9.17) is 0 Å². The van der Waals surface area contributed by atoms with Crippen molar-refractivity contribution in [1.29, 1.82) is 0 Å². The van der Waals surface area contributed by atoms with Crippen LogP contribution >= 0.6 is 0 Å². The molecule has 1 heterocycles. The van der Waals surface area contributed by atoms with Gasteiger partial charge in [0, 0.05) is 19.7 Å². The van der Waals surface area contributed by atoms with E-state index in [0.29, 0.717) is 6.42 Å². The summed E-state index contributed by atoms with van der Waals surface area (Å²) >= 11 is 0. The van der Waals surface area contributed by atoms with E-state index in [2.05, 4.69) is 23.3 Å². The standard InChI is InChI=1S/C16H20N2O/c1-18-12-13(11-17-18)10-16(19)9-5-4-7-14-6-2-3-8-15(14)16/h2-3,6,8,11-12,19H,4-5,7,9-10H2,1H3. The van der Waals surface area contributed by atoms with Crippen LogP contribution in [0.1, 0.15) is 36.0 Å². The second kappa shape index (κ2) is 4.82. The van der Waals surface area contributed by atoms with Crippen molar-refractivity contribution < 1.29 is 5.11 Å². The molecule has 1 aliphatic rings. The molecule has 3 heteroatoms. The Morgan fingerprint density at radius 3 is 2.95 bits per heavy atom. The lowest BCUT2D eigenvalue weighted by Gasteiger charge is -2.28. The highest BCUT2D eigenvalue weighted by Gasteiger charge is 2.33. The highest BCUT2D eigenvalue weighted by molar-refractivity contribution is 5.35. The van der Waals surface area contributed by atoms with E-state index >= 15 is 0 Å². The summed E-state index contributed by atoms with van der Waals surface area (Å²) in [6.45, 7) is 0. The topological polar surface area (TPSA) is 38.0 Å². The van der Waals surface area contributed by atoms with Gasteiger partial charge in [0.2, 0.25) is 0 Å². The molecular weight excluding hydrogens is 236 g/mol. The van der Waals surface area contributed by atoms with Gasteiger partial charge in [0.15, 0.2) is 0 Å². The van der Waals surface area contributed by atoms with Gasteiger partial charge < -0.3 is 5.11 Å². The van der Waals surface area contributed by atoms with Crippen molar-refractivity contribution in [3.05, 3.63) is 53.3 Å². The third-order valence-electron chi connectivity index (χ3n) is 4.06. The third kappa shape index (κ3) is 2.43. The van der Waals surface area contributed by atoms with Crippen molar-refractivity contribution >= 4 is 0 Å². The van der Waals surface area contributed by atoms with Crippen molar-refractivity contribution in [2.24, 2.45) is 7.05 Å². The maximum absolute atomic E-state index is 11.1. The summed E-state index contributed by atoms with van der Waals surface area (Å²) in [5.41, 5.74) is 2.76. The molecule has 0 aliphatic heterocycles. The van der Waals surface area contributed by atoms with E-state index in [1.807, 2.05) is 25.5 Å². The number of hydrogen-bond donors (Lipinski definition) is 1. The summed E-state index contributed by atoms with van der Waals surface area (Å²) in [5.74, 6) is 0. The Balaban J connectivity index is 1.97. The van der Waals surface area contributed by atoms with Gasteiger partial charge in [-0.15, -0.1) is 0 Å². The SMILES string of the molecule is Cn1cc(CC2(O)CCCCc3ccccc32)cn1. The van der Waals surface area contributed by atoms with Crippen LogP contribution in [0.5, 0.6) is 0 Å². The van der Waals surface area contributed by atoms with Crippen LogP contribution in [0.3, 0.4) is 0 Å². The van der Waals surface area contributed by atoms with Crippen molar-refractivity contribution in [2.75, 3.05) is 0 Å². The molecule has 0 saturated heterocycles. The fraction of sp³-hybridized carbons (Fsp3) is 0.438. The number of benzene rings is 1. The van der Waals surface area contributed by atoms with Crippen LogP contribution in [0, 0.1) is 0 Å². The number of hydrogen-bond acceptors (Lipinski definition) is 2. The van der Waals surface area contributed by atoms with Crippen LogP contribution in [0.15, 0.2) is 36.7 Å². The minimum atomic E-state index is -0.740. The summed E-state index contributed by atoms with van der Waals surface area (Å²) in [7, 11) is 1.91. The molecular formula is C16H20N2O. The molecule has 0 amide bonds. The normalized spacial score (nSPS) is 22.8. The molecule has 0 spiro atoms. The molecule has 1 atom stereocenters. The van der Waals surface area contributed by atoms with Crippen LogP contribution in [-0.2, 0) is 25.5 Å². The Bertz CT molecular complexity index is 576. The number of nitrogens with zero attached hydrogens (tertiary/aromatic N) is 2. The smallest absolute Gasteiger partial charge is 0.0940 e. The summed E-state index contributed by atoms with van der Waals surface area (Å²) in [4.78, 5) is 0. The van der Waals surface area contributed by atoms with Crippen LogP contribution in [0.4, 0.5) is 0 Å². The minimum Gasteiger partial charge on any atom is -0.385 e.